The Kier molecular flexibility index (Phi) is 4.23. The van der Waals surface area contributed by atoms with Crippen molar-refractivity contribution in [2.24, 2.45) is 0 Å². The summed E-state index contributed by atoms with van der Waals surface area (Å²) < 4.78 is 5.51. The van der Waals surface area contributed by atoms with Gasteiger partial charge in [0, 0.05) is 0 Å². The molecule has 0 aliphatic carbocycles. The van der Waals surface area contributed by atoms with E-state index in [1.165, 1.54) is 12.1 Å². The van der Waals surface area contributed by atoms with Crippen LogP contribution in [0.5, 0.6) is 5.75 Å². The lowest BCUT2D eigenvalue weighted by molar-refractivity contribution is 0.0682. The van der Waals surface area contributed by atoms with Gasteiger partial charge in [0.15, 0.2) is 0 Å². The predicted octanol–water partition coefficient (Wildman–Crippen LogP) is 2.97. The lowest BCUT2D eigenvalue weighted by Gasteiger charge is -2.10. The van der Waals surface area contributed by atoms with Crippen LogP contribution in [0.4, 0.5) is 0 Å². The maximum Gasteiger partial charge on any atom is 0.339 e. The van der Waals surface area contributed by atoms with Gasteiger partial charge >= 0.3 is 11.9 Å². The summed E-state index contributed by atoms with van der Waals surface area (Å²) in [5, 5.41) is 18.0. The van der Waals surface area contributed by atoms with E-state index in [-0.39, 0.29) is 23.5 Å². The van der Waals surface area contributed by atoms with E-state index in [1.54, 1.807) is 37.3 Å². The molecular weight excluding hydrogens is 272 g/mol. The van der Waals surface area contributed by atoms with Crippen LogP contribution in [0.15, 0.2) is 42.5 Å². The fourth-order valence-corrected chi connectivity index (χ4v) is 1.84. The molecule has 0 saturated heterocycles. The zero-order valence-electron chi connectivity index (χ0n) is 11.4. The summed E-state index contributed by atoms with van der Waals surface area (Å²) in [6, 6.07) is 11.2. The molecule has 0 bridgehead atoms. The van der Waals surface area contributed by atoms with Crippen LogP contribution in [-0.4, -0.2) is 22.2 Å². The van der Waals surface area contributed by atoms with E-state index < -0.39 is 11.9 Å². The summed E-state index contributed by atoms with van der Waals surface area (Å²) in [7, 11) is 0. The molecule has 0 radical (unpaired) electrons. The third-order valence-corrected chi connectivity index (χ3v) is 2.96. The van der Waals surface area contributed by atoms with Gasteiger partial charge in [-0.1, -0.05) is 23.8 Å². The number of hydrogen-bond acceptors (Lipinski definition) is 3. The lowest BCUT2D eigenvalue weighted by atomic mass is 10.1. The normalized spacial score (nSPS) is 10.1. The Morgan fingerprint density at radius 1 is 1.00 bits per heavy atom. The van der Waals surface area contributed by atoms with E-state index >= 15 is 0 Å². The molecule has 0 amide bonds. The first-order valence-corrected chi connectivity index (χ1v) is 6.26. The van der Waals surface area contributed by atoms with E-state index in [4.69, 9.17) is 14.9 Å². The maximum absolute atomic E-state index is 11.2. The van der Waals surface area contributed by atoms with Crippen LogP contribution in [0.1, 0.15) is 31.8 Å². The third kappa shape index (κ3) is 3.60. The van der Waals surface area contributed by atoms with Crippen LogP contribution >= 0.6 is 0 Å². The van der Waals surface area contributed by atoms with E-state index in [0.717, 1.165) is 11.1 Å². The van der Waals surface area contributed by atoms with Gasteiger partial charge in [0.2, 0.25) is 0 Å². The lowest BCUT2D eigenvalue weighted by Crippen LogP contribution is -2.04. The zero-order chi connectivity index (χ0) is 15.4. The fraction of sp³-hybridized carbons (Fsp3) is 0.125. The molecule has 5 nitrogen and oxygen atoms in total. The van der Waals surface area contributed by atoms with Crippen LogP contribution in [0.25, 0.3) is 0 Å². The van der Waals surface area contributed by atoms with Crippen molar-refractivity contribution in [3.05, 3.63) is 64.7 Å². The largest absolute Gasteiger partial charge is 0.488 e. The molecule has 2 aromatic carbocycles. The number of rotatable bonds is 5. The van der Waals surface area contributed by atoms with Crippen LogP contribution in [0.3, 0.4) is 0 Å². The van der Waals surface area contributed by atoms with Crippen molar-refractivity contribution in [1.29, 1.82) is 0 Å². The predicted molar refractivity (Wildman–Crippen MR) is 75.9 cm³/mol. The molecule has 0 saturated carbocycles. The average Bonchev–Trinajstić information content (AvgIpc) is 2.46. The molecule has 2 N–H and O–H groups in total. The molecule has 2 aromatic rings. The molecule has 0 atom stereocenters. The summed E-state index contributed by atoms with van der Waals surface area (Å²) in [6.45, 7) is 1.98. The van der Waals surface area contributed by atoms with Gasteiger partial charge in [-0.15, -0.1) is 0 Å². The number of carbonyl (C=O) groups is 2. The minimum Gasteiger partial charge on any atom is -0.488 e. The number of ether oxygens (including phenoxy) is 1. The van der Waals surface area contributed by atoms with Gasteiger partial charge < -0.3 is 14.9 Å². The molecule has 0 unspecified atom stereocenters. The van der Waals surface area contributed by atoms with Crippen molar-refractivity contribution >= 4 is 11.9 Å². The minimum absolute atomic E-state index is 0.108. The highest BCUT2D eigenvalue weighted by atomic mass is 16.5. The number of carboxylic acids is 2. The fourth-order valence-electron chi connectivity index (χ4n) is 1.84. The Morgan fingerprint density at radius 2 is 1.67 bits per heavy atom. The van der Waals surface area contributed by atoms with Crippen molar-refractivity contribution < 1.29 is 24.5 Å². The Bertz CT molecular complexity index is 674. The van der Waals surface area contributed by atoms with Crippen molar-refractivity contribution in [1.82, 2.24) is 0 Å². The molecule has 0 aliphatic heterocycles. The summed E-state index contributed by atoms with van der Waals surface area (Å²) in [5.41, 5.74) is 1.90. The summed E-state index contributed by atoms with van der Waals surface area (Å²) in [4.78, 5) is 21.9. The first-order valence-electron chi connectivity index (χ1n) is 6.26. The summed E-state index contributed by atoms with van der Waals surface area (Å²) >= 11 is 0. The van der Waals surface area contributed by atoms with Crippen LogP contribution in [0, 0.1) is 6.92 Å². The minimum atomic E-state index is -1.05. The van der Waals surface area contributed by atoms with Crippen LogP contribution < -0.4 is 4.74 Å². The SMILES string of the molecule is Cc1ccc(OCc2ccc(C(=O)O)cc2)c(C(=O)O)c1. The van der Waals surface area contributed by atoms with Crippen molar-refractivity contribution in [3.8, 4) is 5.75 Å². The van der Waals surface area contributed by atoms with Gasteiger partial charge in [-0.2, -0.15) is 0 Å². The molecule has 2 rings (SSSR count). The zero-order valence-corrected chi connectivity index (χ0v) is 11.4. The standard InChI is InChI=1S/C16H14O5/c1-10-2-7-14(13(8-10)16(19)20)21-9-11-3-5-12(6-4-11)15(17)18/h2-8H,9H2,1H3,(H,17,18)(H,19,20). The van der Waals surface area contributed by atoms with Gasteiger partial charge in [-0.3, -0.25) is 0 Å². The Labute approximate surface area is 121 Å². The molecule has 0 heterocycles. The summed E-state index contributed by atoms with van der Waals surface area (Å²) in [5.74, 6) is -1.75. The first-order chi connectivity index (χ1) is 9.97. The molecule has 21 heavy (non-hydrogen) atoms. The van der Waals surface area contributed by atoms with Crippen molar-refractivity contribution in [2.45, 2.75) is 13.5 Å². The number of carboxylic acid groups (broad SMARTS) is 2. The maximum atomic E-state index is 11.2. The van der Waals surface area contributed by atoms with Crippen LogP contribution in [-0.2, 0) is 6.61 Å². The monoisotopic (exact) mass is 286 g/mol. The van der Waals surface area contributed by atoms with E-state index in [9.17, 15) is 9.59 Å². The van der Waals surface area contributed by atoms with Gasteiger partial charge in [0.25, 0.3) is 0 Å². The molecule has 0 aliphatic rings. The van der Waals surface area contributed by atoms with Crippen molar-refractivity contribution in [2.75, 3.05) is 0 Å². The van der Waals surface area contributed by atoms with Gasteiger partial charge in [0.05, 0.1) is 5.56 Å². The van der Waals surface area contributed by atoms with E-state index in [1.807, 2.05) is 0 Å². The number of hydrogen-bond donors (Lipinski definition) is 2. The van der Waals surface area contributed by atoms with Crippen molar-refractivity contribution in [3.63, 3.8) is 0 Å². The summed E-state index contributed by atoms with van der Waals surface area (Å²) in [6.07, 6.45) is 0. The molecule has 5 heteroatoms. The van der Waals surface area contributed by atoms with Gasteiger partial charge in [-0.05, 0) is 36.8 Å². The number of aromatic carboxylic acids is 2. The molecule has 108 valence electrons. The van der Waals surface area contributed by atoms with Crippen LogP contribution in [0.2, 0.25) is 0 Å². The van der Waals surface area contributed by atoms with E-state index in [0.29, 0.717) is 0 Å². The number of benzene rings is 2. The molecule has 0 aromatic heterocycles. The second-order valence-corrected chi connectivity index (χ2v) is 4.60. The molecule has 0 spiro atoms. The smallest absolute Gasteiger partial charge is 0.339 e. The second kappa shape index (κ2) is 6.09. The van der Waals surface area contributed by atoms with Gasteiger partial charge in [-0.25, -0.2) is 9.59 Å². The van der Waals surface area contributed by atoms with Gasteiger partial charge in [0.1, 0.15) is 17.9 Å². The topological polar surface area (TPSA) is 83.8 Å². The quantitative estimate of drug-likeness (QED) is 0.882. The Morgan fingerprint density at radius 3 is 2.24 bits per heavy atom. The molecular formula is C16H14O5. The highest BCUT2D eigenvalue weighted by Crippen LogP contribution is 2.21. The Hall–Kier alpha value is -2.82. The molecule has 0 fully saturated rings. The number of aryl methyl sites for hydroxylation is 1. The highest BCUT2D eigenvalue weighted by Gasteiger charge is 2.11. The second-order valence-electron chi connectivity index (χ2n) is 4.60. The third-order valence-electron chi connectivity index (χ3n) is 2.96. The first kappa shape index (κ1) is 14.6. The average molecular weight is 286 g/mol. The Balaban J connectivity index is 2.13. The van der Waals surface area contributed by atoms with E-state index in [2.05, 4.69) is 0 Å². The highest BCUT2D eigenvalue weighted by molar-refractivity contribution is 5.91.